The molecule has 2 aromatic carbocycles. The summed E-state index contributed by atoms with van der Waals surface area (Å²) in [5.74, 6) is 2.82. The number of rotatable bonds is 5. The quantitative estimate of drug-likeness (QED) is 0.804. The van der Waals surface area contributed by atoms with Crippen LogP contribution in [0.3, 0.4) is 0 Å². The highest BCUT2D eigenvalue weighted by atomic mass is 16.7. The Bertz CT molecular complexity index is 834. The zero-order valence-corrected chi connectivity index (χ0v) is 16.0. The van der Waals surface area contributed by atoms with Gasteiger partial charge in [-0.25, -0.2) is 0 Å². The van der Waals surface area contributed by atoms with E-state index in [1.54, 1.807) is 28.4 Å². The minimum Gasteiger partial charge on any atom is -0.493 e. The molecule has 1 fully saturated rings. The zero-order chi connectivity index (χ0) is 19.0. The highest BCUT2D eigenvalue weighted by Crippen LogP contribution is 2.46. The summed E-state index contributed by atoms with van der Waals surface area (Å²) >= 11 is 0. The van der Waals surface area contributed by atoms with Crippen LogP contribution >= 0.6 is 0 Å². The van der Waals surface area contributed by atoms with Gasteiger partial charge in [-0.15, -0.1) is 0 Å². The first-order chi connectivity index (χ1) is 13.2. The van der Waals surface area contributed by atoms with Gasteiger partial charge in [0, 0.05) is 12.3 Å². The normalized spacial score (nSPS) is 23.3. The van der Waals surface area contributed by atoms with E-state index in [2.05, 4.69) is 6.07 Å². The van der Waals surface area contributed by atoms with Crippen molar-refractivity contribution in [3.8, 4) is 23.0 Å². The Morgan fingerprint density at radius 2 is 1.44 bits per heavy atom. The van der Waals surface area contributed by atoms with Crippen LogP contribution in [0.5, 0.6) is 23.0 Å². The van der Waals surface area contributed by atoms with E-state index < -0.39 is 0 Å². The van der Waals surface area contributed by atoms with Crippen LogP contribution in [0.4, 0.5) is 0 Å². The Kier molecular flexibility index (Phi) is 4.85. The Morgan fingerprint density at radius 1 is 0.778 bits per heavy atom. The van der Waals surface area contributed by atoms with Crippen molar-refractivity contribution in [3.63, 3.8) is 0 Å². The maximum Gasteiger partial charge on any atom is 0.161 e. The SMILES string of the molecule is COc1ccc(C2c3cc(OC)c(OC)cc3CC3OCOC32)cc1OC. The fraction of sp³-hybridized carbons (Fsp3) is 0.429. The summed E-state index contributed by atoms with van der Waals surface area (Å²) in [6.07, 6.45) is 0.729. The average Bonchev–Trinajstić information content (AvgIpc) is 3.18. The van der Waals surface area contributed by atoms with E-state index in [-0.39, 0.29) is 18.1 Å². The van der Waals surface area contributed by atoms with E-state index in [0.717, 1.165) is 23.3 Å². The molecule has 2 aromatic rings. The lowest BCUT2D eigenvalue weighted by Gasteiger charge is -2.34. The molecule has 0 radical (unpaired) electrons. The summed E-state index contributed by atoms with van der Waals surface area (Å²) < 4.78 is 33.7. The molecule has 1 aliphatic heterocycles. The summed E-state index contributed by atoms with van der Waals surface area (Å²) in [7, 11) is 6.57. The van der Waals surface area contributed by atoms with Crippen LogP contribution in [0.1, 0.15) is 22.6 Å². The van der Waals surface area contributed by atoms with Gasteiger partial charge in [-0.2, -0.15) is 0 Å². The second-order valence-electron chi connectivity index (χ2n) is 6.66. The van der Waals surface area contributed by atoms with E-state index in [4.69, 9.17) is 28.4 Å². The summed E-state index contributed by atoms with van der Waals surface area (Å²) in [6, 6.07) is 10.1. The fourth-order valence-electron chi connectivity index (χ4n) is 4.11. The summed E-state index contributed by atoms with van der Waals surface area (Å²) in [4.78, 5) is 0. The zero-order valence-electron chi connectivity index (χ0n) is 16.0. The smallest absolute Gasteiger partial charge is 0.161 e. The molecule has 3 atom stereocenters. The van der Waals surface area contributed by atoms with Gasteiger partial charge in [0.1, 0.15) is 6.79 Å². The summed E-state index contributed by atoms with van der Waals surface area (Å²) in [6.45, 7) is 0.307. The van der Waals surface area contributed by atoms with E-state index in [1.807, 2.05) is 24.3 Å². The number of methoxy groups -OCH3 is 4. The number of hydrogen-bond acceptors (Lipinski definition) is 6. The molecule has 6 nitrogen and oxygen atoms in total. The maximum absolute atomic E-state index is 5.97. The van der Waals surface area contributed by atoms with Gasteiger partial charge in [0.15, 0.2) is 23.0 Å². The molecule has 6 heteroatoms. The van der Waals surface area contributed by atoms with Crippen molar-refractivity contribution in [2.45, 2.75) is 24.5 Å². The molecule has 0 N–H and O–H groups in total. The number of ether oxygens (including phenoxy) is 6. The van der Waals surface area contributed by atoms with Gasteiger partial charge in [-0.3, -0.25) is 0 Å². The third-order valence-electron chi connectivity index (χ3n) is 5.41. The van der Waals surface area contributed by atoms with Crippen molar-refractivity contribution in [2.24, 2.45) is 0 Å². The van der Waals surface area contributed by atoms with Gasteiger partial charge in [0.25, 0.3) is 0 Å². The average molecular weight is 372 g/mol. The molecule has 144 valence electrons. The minimum atomic E-state index is -0.0614. The van der Waals surface area contributed by atoms with Gasteiger partial charge in [-0.05, 0) is 41.0 Å². The van der Waals surface area contributed by atoms with E-state index in [1.165, 1.54) is 5.56 Å². The van der Waals surface area contributed by atoms with Gasteiger partial charge < -0.3 is 28.4 Å². The third kappa shape index (κ3) is 2.99. The number of fused-ring (bicyclic) bond motifs is 2. The maximum atomic E-state index is 5.97. The first-order valence-electron chi connectivity index (χ1n) is 8.90. The first-order valence-corrected chi connectivity index (χ1v) is 8.90. The molecule has 0 aromatic heterocycles. The van der Waals surface area contributed by atoms with Crippen LogP contribution in [0, 0.1) is 0 Å². The molecule has 2 aliphatic rings. The lowest BCUT2D eigenvalue weighted by atomic mass is 9.75. The lowest BCUT2D eigenvalue weighted by Crippen LogP contribution is -2.37. The molecule has 1 heterocycles. The van der Waals surface area contributed by atoms with Gasteiger partial charge >= 0.3 is 0 Å². The van der Waals surface area contributed by atoms with Crippen LogP contribution in [-0.2, 0) is 15.9 Å². The predicted octanol–water partition coefficient (Wildman–Crippen LogP) is 3.15. The first kappa shape index (κ1) is 17.9. The van der Waals surface area contributed by atoms with Gasteiger partial charge in [0.05, 0.1) is 40.6 Å². The monoisotopic (exact) mass is 372 g/mol. The topological polar surface area (TPSA) is 55.4 Å². The molecule has 27 heavy (non-hydrogen) atoms. The van der Waals surface area contributed by atoms with Crippen LogP contribution in [-0.4, -0.2) is 47.4 Å². The molecule has 0 spiro atoms. The molecule has 0 bridgehead atoms. The molecule has 1 aliphatic carbocycles. The van der Waals surface area contributed by atoms with Gasteiger partial charge in [0.2, 0.25) is 0 Å². The minimum absolute atomic E-state index is 0.000798. The van der Waals surface area contributed by atoms with Crippen LogP contribution in [0.15, 0.2) is 30.3 Å². The van der Waals surface area contributed by atoms with Crippen LogP contribution in [0.2, 0.25) is 0 Å². The van der Waals surface area contributed by atoms with Crippen molar-refractivity contribution in [1.29, 1.82) is 0 Å². The van der Waals surface area contributed by atoms with Gasteiger partial charge in [-0.1, -0.05) is 6.07 Å². The van der Waals surface area contributed by atoms with Crippen molar-refractivity contribution in [2.75, 3.05) is 35.2 Å². The Balaban J connectivity index is 1.86. The Hall–Kier alpha value is -2.44. The van der Waals surface area contributed by atoms with E-state index >= 15 is 0 Å². The molecule has 4 rings (SSSR count). The molecule has 1 saturated heterocycles. The lowest BCUT2D eigenvalue weighted by molar-refractivity contribution is 0.0378. The highest BCUT2D eigenvalue weighted by molar-refractivity contribution is 5.55. The second-order valence-corrected chi connectivity index (χ2v) is 6.66. The van der Waals surface area contributed by atoms with Crippen LogP contribution in [0.25, 0.3) is 0 Å². The molecule has 3 unspecified atom stereocenters. The van der Waals surface area contributed by atoms with E-state index in [0.29, 0.717) is 24.0 Å². The van der Waals surface area contributed by atoms with Crippen molar-refractivity contribution in [1.82, 2.24) is 0 Å². The predicted molar refractivity (Wildman–Crippen MR) is 99.3 cm³/mol. The molecular formula is C21H24O6. The van der Waals surface area contributed by atoms with Crippen molar-refractivity contribution >= 4 is 0 Å². The number of benzene rings is 2. The third-order valence-corrected chi connectivity index (χ3v) is 5.41. The molecule has 0 amide bonds. The molecule has 0 saturated carbocycles. The second kappa shape index (κ2) is 7.29. The van der Waals surface area contributed by atoms with Crippen LogP contribution < -0.4 is 18.9 Å². The molecular weight excluding hydrogens is 348 g/mol. The summed E-state index contributed by atoms with van der Waals surface area (Å²) in [5.41, 5.74) is 3.42. The fourth-order valence-corrected chi connectivity index (χ4v) is 4.11. The van der Waals surface area contributed by atoms with E-state index in [9.17, 15) is 0 Å². The largest absolute Gasteiger partial charge is 0.493 e. The van der Waals surface area contributed by atoms with Crippen molar-refractivity contribution in [3.05, 3.63) is 47.0 Å². The summed E-state index contributed by atoms with van der Waals surface area (Å²) in [5, 5.41) is 0. The highest BCUT2D eigenvalue weighted by Gasteiger charge is 2.43. The Labute approximate surface area is 158 Å². The number of hydrogen-bond donors (Lipinski definition) is 0. The Morgan fingerprint density at radius 3 is 2.15 bits per heavy atom. The standard InChI is InChI=1S/C21H24O6/c1-22-15-6-5-12(7-16(15)23-2)20-14-10-18(25-4)17(24-3)8-13(14)9-19-21(20)27-11-26-19/h5-8,10,19-21H,9,11H2,1-4H3. The van der Waals surface area contributed by atoms with Crippen molar-refractivity contribution < 1.29 is 28.4 Å².